The quantitative estimate of drug-likeness (QED) is 0.120. The molecule has 2 aromatic rings. The molecule has 0 heterocycles. The lowest BCUT2D eigenvalue weighted by molar-refractivity contribution is -0.137. The average Bonchev–Trinajstić information content (AvgIpc) is 2.83. The van der Waals surface area contributed by atoms with E-state index in [0.717, 1.165) is 59.2 Å². The van der Waals surface area contributed by atoms with Crippen molar-refractivity contribution in [3.8, 4) is 0 Å². The Kier molecular flexibility index (Phi) is 12.9. The zero-order valence-electron chi connectivity index (χ0n) is 22.1. The molecule has 1 nitrogen and oxygen atoms in total. The van der Waals surface area contributed by atoms with Crippen LogP contribution in [0.2, 0.25) is 0 Å². The summed E-state index contributed by atoms with van der Waals surface area (Å²) in [5, 5.41) is 0. The molecule has 0 N–H and O–H groups in total. The topological polar surface area (TPSA) is 12.4 Å². The van der Waals surface area contributed by atoms with Crippen LogP contribution >= 0.6 is 0 Å². The molecule has 0 spiro atoms. The van der Waals surface area contributed by atoms with Gasteiger partial charge in [-0.05, 0) is 104 Å². The number of halogens is 6. The number of benzene rings is 2. The Morgan fingerprint density at radius 1 is 0.811 bits per heavy atom. The van der Waals surface area contributed by atoms with E-state index in [1.807, 2.05) is 26.0 Å². The van der Waals surface area contributed by atoms with Crippen LogP contribution in [0.3, 0.4) is 0 Å². The number of aliphatic imine (C=N–C) groups is 1. The first-order valence-corrected chi connectivity index (χ1v) is 12.2. The van der Waals surface area contributed by atoms with E-state index in [4.69, 9.17) is 0 Å². The lowest BCUT2D eigenvalue weighted by Crippen LogP contribution is -2.13. The Morgan fingerprint density at radius 2 is 1.32 bits per heavy atom. The van der Waals surface area contributed by atoms with E-state index in [2.05, 4.69) is 24.4 Å². The van der Waals surface area contributed by atoms with Gasteiger partial charge in [-0.2, -0.15) is 13.2 Å². The van der Waals surface area contributed by atoms with Gasteiger partial charge in [0.2, 0.25) is 0 Å². The van der Waals surface area contributed by atoms with Crippen molar-refractivity contribution >= 4 is 12.3 Å². The first-order valence-electron chi connectivity index (χ1n) is 12.2. The molecule has 0 unspecified atom stereocenters. The molecule has 0 saturated heterocycles. The summed E-state index contributed by atoms with van der Waals surface area (Å²) < 4.78 is 80.0. The van der Waals surface area contributed by atoms with Crippen LogP contribution in [0.15, 0.2) is 59.6 Å². The molecule has 2 aromatic carbocycles. The highest BCUT2D eigenvalue weighted by Crippen LogP contribution is 2.35. The third kappa shape index (κ3) is 11.0. The van der Waals surface area contributed by atoms with E-state index in [1.165, 1.54) is 0 Å². The van der Waals surface area contributed by atoms with E-state index >= 15 is 0 Å². The first kappa shape index (κ1) is 32.2. The maximum absolute atomic E-state index is 13.8. The monoisotopic (exact) mass is 525 g/mol. The minimum absolute atomic E-state index is 0.195. The number of allylic oxidation sites excluding steroid dienone is 3. The maximum Gasteiger partial charge on any atom is 0.416 e. The van der Waals surface area contributed by atoms with Gasteiger partial charge in [-0.3, -0.25) is 4.39 Å². The standard InChI is InChI=1S/C28H32F6.C2H5N/c1-5-19(2)20(3)24-14-21(9-7-6-8-12-29)13-22(15-24)10-11-23-16-25(27(4,30)31)18-26(17-23)28(32,33)34;1-3-2/h5,13-18H,1,6-12H2,2-4H3;1H2,2H3/b20-19-;. The molecule has 7 heteroatoms. The summed E-state index contributed by atoms with van der Waals surface area (Å²) in [5.74, 6) is -3.37. The molecule has 0 amide bonds. The fourth-order valence-corrected chi connectivity index (χ4v) is 3.79. The number of rotatable bonds is 11. The number of hydrogen-bond acceptors (Lipinski definition) is 1. The van der Waals surface area contributed by atoms with E-state index in [0.29, 0.717) is 25.8 Å². The molecule has 204 valence electrons. The molecule has 0 radical (unpaired) electrons. The van der Waals surface area contributed by atoms with Crippen LogP contribution < -0.4 is 0 Å². The van der Waals surface area contributed by atoms with Crippen LogP contribution in [-0.4, -0.2) is 20.4 Å². The minimum atomic E-state index is -4.70. The van der Waals surface area contributed by atoms with Crippen LogP contribution in [-0.2, 0) is 31.4 Å². The van der Waals surface area contributed by atoms with Crippen LogP contribution in [0.4, 0.5) is 26.3 Å². The van der Waals surface area contributed by atoms with E-state index in [-0.39, 0.29) is 18.7 Å². The fraction of sp³-hybridized carbons (Fsp3) is 0.433. The molecular weight excluding hydrogens is 488 g/mol. The molecule has 37 heavy (non-hydrogen) atoms. The number of alkyl halides is 6. The van der Waals surface area contributed by atoms with Gasteiger partial charge in [0, 0.05) is 19.5 Å². The van der Waals surface area contributed by atoms with Crippen molar-refractivity contribution < 1.29 is 26.3 Å². The summed E-state index contributed by atoms with van der Waals surface area (Å²) in [5.41, 5.74) is 3.52. The van der Waals surface area contributed by atoms with Gasteiger partial charge in [-0.25, -0.2) is 8.78 Å². The Morgan fingerprint density at radius 3 is 1.81 bits per heavy atom. The third-order valence-electron chi connectivity index (χ3n) is 6.01. The molecule has 0 aliphatic carbocycles. The molecule has 0 atom stereocenters. The second-order valence-electron chi connectivity index (χ2n) is 9.17. The Hall–Kier alpha value is -2.83. The van der Waals surface area contributed by atoms with Crippen molar-refractivity contribution in [2.24, 2.45) is 4.99 Å². The summed E-state index contributed by atoms with van der Waals surface area (Å²) in [6.45, 7) is 11.1. The molecule has 0 aliphatic rings. The number of nitrogens with zero attached hydrogens (tertiary/aromatic N) is 1. The molecule has 0 saturated carbocycles. The van der Waals surface area contributed by atoms with Gasteiger partial charge in [0.05, 0.1) is 12.2 Å². The third-order valence-corrected chi connectivity index (χ3v) is 6.01. The highest BCUT2D eigenvalue weighted by molar-refractivity contribution is 5.69. The predicted molar refractivity (Wildman–Crippen MR) is 142 cm³/mol. The van der Waals surface area contributed by atoms with Gasteiger partial charge >= 0.3 is 6.18 Å². The highest BCUT2D eigenvalue weighted by atomic mass is 19.4. The summed E-state index contributed by atoms with van der Waals surface area (Å²) in [6, 6.07) is 8.68. The zero-order valence-corrected chi connectivity index (χ0v) is 22.1. The van der Waals surface area contributed by atoms with E-state index in [1.54, 1.807) is 13.1 Å². The van der Waals surface area contributed by atoms with Crippen LogP contribution in [0.1, 0.15) is 73.4 Å². The van der Waals surface area contributed by atoms with Crippen LogP contribution in [0, 0.1) is 0 Å². The Balaban J connectivity index is 0.00000217. The molecule has 0 fully saturated rings. The fourth-order valence-electron chi connectivity index (χ4n) is 3.79. The smallest absolute Gasteiger partial charge is 0.304 e. The zero-order chi connectivity index (χ0) is 28.2. The van der Waals surface area contributed by atoms with Crippen molar-refractivity contribution in [3.63, 3.8) is 0 Å². The van der Waals surface area contributed by atoms with Crippen LogP contribution in [0.25, 0.3) is 5.57 Å². The Labute approximate surface area is 217 Å². The van der Waals surface area contributed by atoms with Gasteiger partial charge in [-0.15, -0.1) is 0 Å². The van der Waals surface area contributed by atoms with Crippen molar-refractivity contribution in [1.29, 1.82) is 0 Å². The lowest BCUT2D eigenvalue weighted by atomic mass is 9.92. The van der Waals surface area contributed by atoms with Gasteiger partial charge in [0.1, 0.15) is 0 Å². The number of aryl methyl sites for hydroxylation is 3. The second-order valence-corrected chi connectivity index (χ2v) is 9.17. The number of unbranched alkanes of at least 4 members (excludes halogenated alkanes) is 2. The van der Waals surface area contributed by atoms with Crippen molar-refractivity contribution in [2.75, 3.05) is 13.7 Å². The average molecular weight is 526 g/mol. The lowest BCUT2D eigenvalue weighted by Gasteiger charge is -2.17. The molecule has 2 rings (SSSR count). The second kappa shape index (κ2) is 14.8. The summed E-state index contributed by atoms with van der Waals surface area (Å²) >= 11 is 0. The van der Waals surface area contributed by atoms with Gasteiger partial charge < -0.3 is 4.99 Å². The Bertz CT molecular complexity index is 1030. The number of hydrogen-bond donors (Lipinski definition) is 0. The van der Waals surface area contributed by atoms with Crippen molar-refractivity contribution in [3.05, 3.63) is 88.0 Å². The van der Waals surface area contributed by atoms with Gasteiger partial charge in [0.25, 0.3) is 5.92 Å². The van der Waals surface area contributed by atoms with Crippen molar-refractivity contribution in [1.82, 2.24) is 0 Å². The summed E-state index contributed by atoms with van der Waals surface area (Å²) in [6.07, 6.45) is 0.541. The summed E-state index contributed by atoms with van der Waals surface area (Å²) in [7, 11) is 1.64. The molecule has 0 bridgehead atoms. The normalized spacial score (nSPS) is 12.4. The molecular formula is C30H37F6N. The predicted octanol–water partition coefficient (Wildman–Crippen LogP) is 9.58. The van der Waals surface area contributed by atoms with Gasteiger partial charge in [0.15, 0.2) is 0 Å². The summed E-state index contributed by atoms with van der Waals surface area (Å²) in [4.78, 5) is 3.25. The highest BCUT2D eigenvalue weighted by Gasteiger charge is 2.34. The largest absolute Gasteiger partial charge is 0.416 e. The van der Waals surface area contributed by atoms with Gasteiger partial charge in [-0.1, -0.05) is 37.3 Å². The first-order chi connectivity index (χ1) is 17.3. The SMILES string of the molecule is C=C/C(C)=C(/C)c1cc(CCCCCF)cc(CCc2cc(C(C)(F)F)cc(C(F)(F)F)c2)c1.C=NC. The maximum atomic E-state index is 13.8. The minimum Gasteiger partial charge on any atom is -0.304 e. The van der Waals surface area contributed by atoms with E-state index < -0.39 is 23.2 Å². The van der Waals surface area contributed by atoms with Crippen LogP contribution in [0.5, 0.6) is 0 Å². The van der Waals surface area contributed by atoms with E-state index in [9.17, 15) is 26.3 Å². The van der Waals surface area contributed by atoms with Crippen molar-refractivity contribution in [2.45, 2.75) is 71.4 Å². The molecule has 0 aliphatic heterocycles. The molecule has 0 aromatic heterocycles.